The van der Waals surface area contributed by atoms with Gasteiger partial charge in [0.15, 0.2) is 0 Å². The number of fused-ring (bicyclic) bond motifs is 1. The molecule has 2 aliphatic rings. The fourth-order valence-corrected chi connectivity index (χ4v) is 4.64. The molecule has 0 aromatic heterocycles. The van der Waals surface area contributed by atoms with Crippen molar-refractivity contribution in [3.8, 4) is 0 Å². The normalized spacial score (nSPS) is 47.2. The highest BCUT2D eigenvalue weighted by Gasteiger charge is 2.31. The molecule has 0 radical (unpaired) electrons. The zero-order valence-electron chi connectivity index (χ0n) is 7.47. The van der Waals surface area contributed by atoms with Gasteiger partial charge < -0.3 is 0 Å². The van der Waals surface area contributed by atoms with E-state index in [1.165, 1.54) is 21.4 Å². The summed E-state index contributed by atoms with van der Waals surface area (Å²) in [6.45, 7) is 2.49. The molecule has 1 aliphatic carbocycles. The topological polar surface area (TPSA) is 0 Å². The zero-order valence-corrected chi connectivity index (χ0v) is 8.47. The first-order chi connectivity index (χ1) is 5.38. The van der Waals surface area contributed by atoms with Crippen molar-refractivity contribution in [2.75, 3.05) is 6.16 Å². The van der Waals surface area contributed by atoms with E-state index in [2.05, 4.69) is 6.92 Å². The minimum atomic E-state index is 1.08. The van der Waals surface area contributed by atoms with Crippen LogP contribution in [0.3, 0.4) is 0 Å². The van der Waals surface area contributed by atoms with Crippen molar-refractivity contribution in [3.05, 3.63) is 0 Å². The van der Waals surface area contributed by atoms with E-state index < -0.39 is 0 Å². The zero-order chi connectivity index (χ0) is 7.68. The van der Waals surface area contributed by atoms with Gasteiger partial charge in [-0.2, -0.15) is 0 Å². The van der Waals surface area contributed by atoms with Gasteiger partial charge >= 0.3 is 0 Å². The van der Waals surface area contributed by atoms with E-state index in [4.69, 9.17) is 0 Å². The third-order valence-electron chi connectivity index (χ3n) is 3.59. The average molecular weight is 170 g/mol. The molecule has 4 unspecified atom stereocenters. The number of hydrogen-bond donors (Lipinski definition) is 0. The first-order valence-corrected chi connectivity index (χ1v) is 6.40. The van der Waals surface area contributed by atoms with Gasteiger partial charge in [-0.1, -0.05) is 26.2 Å². The molecule has 0 bridgehead atoms. The first kappa shape index (κ1) is 8.05. The summed E-state index contributed by atoms with van der Waals surface area (Å²) in [5.74, 6) is 2.27. The molecule has 64 valence electrons. The van der Waals surface area contributed by atoms with Crippen molar-refractivity contribution in [1.82, 2.24) is 0 Å². The van der Waals surface area contributed by atoms with Crippen molar-refractivity contribution in [3.63, 3.8) is 0 Å². The van der Waals surface area contributed by atoms with Gasteiger partial charge in [-0.3, -0.25) is 0 Å². The highest BCUT2D eigenvalue weighted by Crippen LogP contribution is 2.45. The first-order valence-electron chi connectivity index (χ1n) is 5.11. The molecule has 11 heavy (non-hydrogen) atoms. The quantitative estimate of drug-likeness (QED) is 0.489. The SMILES string of the molecule is CC1PCCC2CCCCC21. The molecule has 2 rings (SSSR count). The Kier molecular flexibility index (Phi) is 2.51. The smallest absolute Gasteiger partial charge is 0.0234 e. The maximum absolute atomic E-state index is 2.49. The van der Waals surface area contributed by atoms with E-state index in [0.717, 1.165) is 17.5 Å². The number of hydrogen-bond acceptors (Lipinski definition) is 0. The summed E-state index contributed by atoms with van der Waals surface area (Å²) in [6.07, 6.45) is 9.26. The number of rotatable bonds is 0. The van der Waals surface area contributed by atoms with Gasteiger partial charge in [0.25, 0.3) is 0 Å². The second-order valence-electron chi connectivity index (χ2n) is 4.24. The third kappa shape index (κ3) is 1.61. The summed E-state index contributed by atoms with van der Waals surface area (Å²) in [5.41, 5.74) is 1.08. The fraction of sp³-hybridized carbons (Fsp3) is 1.00. The van der Waals surface area contributed by atoms with Crippen LogP contribution in [-0.4, -0.2) is 11.8 Å². The summed E-state index contributed by atoms with van der Waals surface area (Å²) >= 11 is 0. The van der Waals surface area contributed by atoms with Crippen LogP contribution in [0.25, 0.3) is 0 Å². The van der Waals surface area contributed by atoms with Crippen molar-refractivity contribution in [1.29, 1.82) is 0 Å². The van der Waals surface area contributed by atoms with Crippen molar-refractivity contribution < 1.29 is 0 Å². The Bertz CT molecular complexity index is 131. The van der Waals surface area contributed by atoms with E-state index in [9.17, 15) is 0 Å². The Balaban J connectivity index is 1.99. The molecule has 0 amide bonds. The van der Waals surface area contributed by atoms with Crippen LogP contribution >= 0.6 is 8.58 Å². The van der Waals surface area contributed by atoms with Gasteiger partial charge in [-0.05, 0) is 36.5 Å². The summed E-state index contributed by atoms with van der Waals surface area (Å²) < 4.78 is 0. The maximum atomic E-state index is 2.49. The summed E-state index contributed by atoms with van der Waals surface area (Å²) in [7, 11) is 1.29. The molecule has 0 aromatic carbocycles. The van der Waals surface area contributed by atoms with Gasteiger partial charge in [-0.15, -0.1) is 8.58 Å². The molecule has 1 heterocycles. The van der Waals surface area contributed by atoms with Crippen LogP contribution in [0.4, 0.5) is 0 Å². The highest BCUT2D eigenvalue weighted by molar-refractivity contribution is 7.38. The molecule has 1 saturated carbocycles. The highest BCUT2D eigenvalue weighted by atomic mass is 31.1. The summed E-state index contributed by atoms with van der Waals surface area (Å²) in [4.78, 5) is 0. The lowest BCUT2D eigenvalue weighted by Crippen LogP contribution is -2.30. The van der Waals surface area contributed by atoms with Gasteiger partial charge in [0.05, 0.1) is 0 Å². The monoisotopic (exact) mass is 170 g/mol. The average Bonchev–Trinajstić information content (AvgIpc) is 2.06. The van der Waals surface area contributed by atoms with Crippen LogP contribution in [0.1, 0.15) is 39.0 Å². The molecule has 1 heteroatoms. The van der Waals surface area contributed by atoms with Crippen LogP contribution < -0.4 is 0 Å². The van der Waals surface area contributed by atoms with E-state index >= 15 is 0 Å². The van der Waals surface area contributed by atoms with Crippen molar-refractivity contribution in [2.45, 2.75) is 44.7 Å². The molecular formula is C10H19P. The minimum absolute atomic E-state index is 1.08. The minimum Gasteiger partial charge on any atom is -0.119 e. The Morgan fingerprint density at radius 1 is 1.09 bits per heavy atom. The van der Waals surface area contributed by atoms with Crippen molar-refractivity contribution >= 4 is 8.58 Å². The lowest BCUT2D eigenvalue weighted by Gasteiger charge is -2.39. The van der Waals surface area contributed by atoms with E-state index in [1.54, 1.807) is 25.4 Å². The summed E-state index contributed by atoms with van der Waals surface area (Å²) in [5, 5.41) is 0. The van der Waals surface area contributed by atoms with Crippen LogP contribution in [-0.2, 0) is 0 Å². The molecule has 0 N–H and O–H groups in total. The predicted molar refractivity (Wildman–Crippen MR) is 52.7 cm³/mol. The lowest BCUT2D eigenvalue weighted by atomic mass is 9.76. The lowest BCUT2D eigenvalue weighted by molar-refractivity contribution is 0.221. The van der Waals surface area contributed by atoms with Crippen LogP contribution in [0.5, 0.6) is 0 Å². The molecule has 0 aromatic rings. The molecule has 1 saturated heterocycles. The Morgan fingerprint density at radius 2 is 1.91 bits per heavy atom. The van der Waals surface area contributed by atoms with Crippen LogP contribution in [0.15, 0.2) is 0 Å². The van der Waals surface area contributed by atoms with E-state index in [0.29, 0.717) is 0 Å². The van der Waals surface area contributed by atoms with E-state index in [-0.39, 0.29) is 0 Å². The van der Waals surface area contributed by atoms with Crippen LogP contribution in [0, 0.1) is 11.8 Å². The largest absolute Gasteiger partial charge is 0.119 e. The summed E-state index contributed by atoms with van der Waals surface area (Å²) in [6, 6.07) is 0. The molecule has 1 aliphatic heterocycles. The molecule has 2 fully saturated rings. The molecule has 0 spiro atoms. The Morgan fingerprint density at radius 3 is 2.73 bits per heavy atom. The second-order valence-corrected chi connectivity index (χ2v) is 6.06. The standard InChI is InChI=1S/C10H19P/c1-8-10-5-3-2-4-9(10)6-7-11-8/h8-11H,2-7H2,1H3. The van der Waals surface area contributed by atoms with Crippen LogP contribution in [0.2, 0.25) is 0 Å². The van der Waals surface area contributed by atoms with Gasteiger partial charge in [0.2, 0.25) is 0 Å². The van der Waals surface area contributed by atoms with Gasteiger partial charge in [0.1, 0.15) is 0 Å². The fourth-order valence-electron chi connectivity index (χ4n) is 2.90. The third-order valence-corrected chi connectivity index (χ3v) is 5.24. The van der Waals surface area contributed by atoms with Gasteiger partial charge in [-0.25, -0.2) is 0 Å². The maximum Gasteiger partial charge on any atom is -0.0234 e. The molecular weight excluding hydrogens is 151 g/mol. The predicted octanol–water partition coefficient (Wildman–Crippen LogP) is 3.26. The Labute approximate surface area is 71.9 Å². The molecule has 4 atom stereocenters. The van der Waals surface area contributed by atoms with Gasteiger partial charge in [0, 0.05) is 0 Å². The van der Waals surface area contributed by atoms with Crippen molar-refractivity contribution in [2.24, 2.45) is 11.8 Å². The second kappa shape index (κ2) is 3.44. The Hall–Kier alpha value is 0.430. The molecule has 0 nitrogen and oxygen atoms in total. The van der Waals surface area contributed by atoms with E-state index in [1.807, 2.05) is 0 Å².